The summed E-state index contributed by atoms with van der Waals surface area (Å²) < 4.78 is 5.45. The summed E-state index contributed by atoms with van der Waals surface area (Å²) >= 11 is 0. The summed E-state index contributed by atoms with van der Waals surface area (Å²) in [5.41, 5.74) is -0.146. The molecule has 0 spiro atoms. The minimum absolute atomic E-state index is 0.275. The van der Waals surface area contributed by atoms with Gasteiger partial charge in [-0.1, -0.05) is 19.6 Å². The second-order valence-electron chi connectivity index (χ2n) is 8.07. The number of urea groups is 1. The number of nitrogens with one attached hydrogen (secondary N) is 1. The fraction of sp³-hybridized carbons (Fsp3) is 0.786. The largest absolute Gasteiger partial charge is 0.411 e. The van der Waals surface area contributed by atoms with Gasteiger partial charge in [0.2, 0.25) is 0 Å². The summed E-state index contributed by atoms with van der Waals surface area (Å²) in [4.78, 5) is 38.4. The highest BCUT2D eigenvalue weighted by molar-refractivity contribution is 7.05. The lowest BCUT2D eigenvalue weighted by Gasteiger charge is -2.45. The van der Waals surface area contributed by atoms with Crippen LogP contribution in [-0.4, -0.2) is 105 Å². The molecule has 2 saturated heterocycles. The lowest BCUT2D eigenvalue weighted by atomic mass is 9.96. The molecule has 28 heavy (non-hydrogen) atoms. The Hall–Kier alpha value is -2.13. The van der Waals surface area contributed by atoms with Crippen molar-refractivity contribution in [3.8, 4) is 0 Å². The monoisotopic (exact) mass is 417 g/mol. The second-order valence-corrected chi connectivity index (χ2v) is 13.1. The lowest BCUT2D eigenvalue weighted by Crippen LogP contribution is -2.79. The molecule has 0 aromatic rings. The van der Waals surface area contributed by atoms with Gasteiger partial charge in [0.05, 0.1) is 16.9 Å². The number of hydrogen-bond acceptors (Lipinski definition) is 10. The molecular formula is C14H23N5O8Si. The van der Waals surface area contributed by atoms with Gasteiger partial charge in [-0.3, -0.25) is 24.7 Å². The molecule has 14 heteroatoms. The van der Waals surface area contributed by atoms with Crippen LogP contribution in [0.3, 0.4) is 0 Å². The first-order valence-electron chi connectivity index (χ1n) is 8.62. The number of fused-ring (bicyclic) bond motifs is 1. The van der Waals surface area contributed by atoms with Crippen molar-refractivity contribution >= 4 is 25.3 Å². The number of rotatable bonds is 4. The van der Waals surface area contributed by atoms with Gasteiger partial charge in [0.1, 0.15) is 26.4 Å². The third-order valence-electron chi connectivity index (χ3n) is 5.27. The summed E-state index contributed by atoms with van der Waals surface area (Å²) in [7, 11) is -1.32. The zero-order valence-electron chi connectivity index (χ0n) is 15.8. The predicted molar refractivity (Wildman–Crippen MR) is 95.2 cm³/mol. The van der Waals surface area contributed by atoms with Gasteiger partial charge in [-0.15, -0.1) is 0 Å². The van der Waals surface area contributed by atoms with Gasteiger partial charge in [-0.2, -0.15) is 5.10 Å². The molecule has 0 aliphatic carbocycles. The Labute approximate surface area is 160 Å². The molecular weight excluding hydrogens is 394 g/mol. The average Bonchev–Trinajstić information content (AvgIpc) is 3.14. The van der Waals surface area contributed by atoms with E-state index in [0.29, 0.717) is 4.90 Å². The Morgan fingerprint density at radius 1 is 1.32 bits per heavy atom. The van der Waals surface area contributed by atoms with E-state index in [0.717, 1.165) is 11.9 Å². The highest BCUT2D eigenvalue weighted by Crippen LogP contribution is 2.38. The summed E-state index contributed by atoms with van der Waals surface area (Å²) in [6.07, 6.45) is -5.86. The Morgan fingerprint density at radius 2 is 1.93 bits per heavy atom. The van der Waals surface area contributed by atoms with E-state index in [-0.39, 0.29) is 5.33 Å². The molecule has 3 rings (SSSR count). The van der Waals surface area contributed by atoms with Crippen molar-refractivity contribution in [1.82, 2.24) is 15.2 Å². The van der Waals surface area contributed by atoms with Crippen LogP contribution in [0, 0.1) is 10.1 Å². The highest BCUT2D eigenvalue weighted by Gasteiger charge is 2.73. The van der Waals surface area contributed by atoms with Crippen molar-refractivity contribution in [2.75, 3.05) is 13.7 Å². The van der Waals surface area contributed by atoms with Gasteiger partial charge in [0, 0.05) is 7.05 Å². The first-order valence-corrected chi connectivity index (χ1v) is 12.1. The molecule has 156 valence electrons. The van der Waals surface area contributed by atoms with E-state index in [9.17, 15) is 35.0 Å². The topological polar surface area (TPSA) is 178 Å². The SMILES string of the molecule is CN1C(=O)N([C@@H]2O[C@H](CO)[C@@H](O)[C@H]2O)C2C([Si](C)(C)C)=NNC2([N+](=O)[O-])C1=O. The van der Waals surface area contributed by atoms with E-state index >= 15 is 0 Å². The normalized spacial score (nSPS) is 38.4. The van der Waals surface area contributed by atoms with Crippen LogP contribution in [0.15, 0.2) is 5.10 Å². The second kappa shape index (κ2) is 6.45. The molecule has 2 unspecified atom stereocenters. The van der Waals surface area contributed by atoms with Crippen LogP contribution in [-0.2, 0) is 9.53 Å². The Kier molecular flexibility index (Phi) is 4.74. The van der Waals surface area contributed by atoms with Crippen LogP contribution in [0.25, 0.3) is 0 Å². The molecule has 0 saturated carbocycles. The molecule has 13 nitrogen and oxygen atoms in total. The van der Waals surface area contributed by atoms with Gasteiger partial charge in [-0.25, -0.2) is 10.2 Å². The van der Waals surface area contributed by atoms with Crippen LogP contribution in [0.2, 0.25) is 19.6 Å². The summed E-state index contributed by atoms with van der Waals surface area (Å²) in [5.74, 6) is -1.09. The van der Waals surface area contributed by atoms with Gasteiger partial charge >= 0.3 is 17.6 Å². The number of amides is 3. The molecule has 4 N–H and O–H groups in total. The number of nitro groups is 1. The average molecular weight is 417 g/mol. The van der Waals surface area contributed by atoms with Gasteiger partial charge < -0.3 is 20.1 Å². The van der Waals surface area contributed by atoms with E-state index < -0.39 is 67.8 Å². The predicted octanol–water partition coefficient (Wildman–Crippen LogP) is -2.50. The third kappa shape index (κ3) is 2.56. The fourth-order valence-corrected chi connectivity index (χ4v) is 5.31. The molecule has 2 fully saturated rings. The number of ether oxygens (including phenoxy) is 1. The minimum Gasteiger partial charge on any atom is -0.394 e. The first kappa shape index (κ1) is 20.6. The van der Waals surface area contributed by atoms with Crippen LogP contribution in [0.1, 0.15) is 0 Å². The van der Waals surface area contributed by atoms with Gasteiger partial charge in [-0.05, 0) is 0 Å². The summed E-state index contributed by atoms with van der Waals surface area (Å²) in [5, 5.41) is 46.2. The molecule has 6 atom stereocenters. The molecule has 0 aromatic carbocycles. The molecule has 0 radical (unpaired) electrons. The molecule has 3 aliphatic heterocycles. The van der Waals surface area contributed by atoms with Crippen molar-refractivity contribution in [2.24, 2.45) is 5.10 Å². The number of imide groups is 1. The number of hydrazone groups is 1. The Bertz CT molecular complexity index is 757. The number of hydrogen-bond donors (Lipinski definition) is 4. The van der Waals surface area contributed by atoms with Crippen molar-refractivity contribution in [1.29, 1.82) is 0 Å². The van der Waals surface area contributed by atoms with Crippen molar-refractivity contribution in [3.05, 3.63) is 10.1 Å². The number of likely N-dealkylation sites (N-methyl/N-ethyl adjacent to an activating group) is 1. The summed E-state index contributed by atoms with van der Waals surface area (Å²) in [6, 6.07) is -2.38. The molecule has 3 amide bonds. The Morgan fingerprint density at radius 3 is 2.39 bits per heavy atom. The Balaban J connectivity index is 2.17. The van der Waals surface area contributed by atoms with Crippen LogP contribution < -0.4 is 5.43 Å². The first-order chi connectivity index (χ1) is 12.9. The zero-order chi connectivity index (χ0) is 21.2. The van der Waals surface area contributed by atoms with Gasteiger partial charge in [0.25, 0.3) is 0 Å². The number of nitrogens with zero attached hydrogens (tertiary/aromatic N) is 4. The number of carbonyl (C=O) groups is 2. The lowest BCUT2D eigenvalue weighted by molar-refractivity contribution is -0.566. The van der Waals surface area contributed by atoms with E-state index in [1.54, 1.807) is 0 Å². The highest BCUT2D eigenvalue weighted by atomic mass is 28.3. The fourth-order valence-electron chi connectivity index (χ4n) is 3.75. The molecule has 0 aromatic heterocycles. The molecule has 3 heterocycles. The van der Waals surface area contributed by atoms with Crippen molar-refractivity contribution in [3.63, 3.8) is 0 Å². The maximum absolute atomic E-state index is 13.0. The van der Waals surface area contributed by atoms with Crippen LogP contribution in [0.5, 0.6) is 0 Å². The maximum atomic E-state index is 13.0. The van der Waals surface area contributed by atoms with E-state index in [1.165, 1.54) is 0 Å². The minimum atomic E-state index is -2.47. The molecule has 3 aliphatic rings. The van der Waals surface area contributed by atoms with Crippen LogP contribution in [0.4, 0.5) is 4.79 Å². The number of aliphatic hydroxyl groups excluding tert-OH is 3. The van der Waals surface area contributed by atoms with E-state index in [1.807, 2.05) is 19.6 Å². The number of carbonyl (C=O) groups excluding carboxylic acids is 2. The zero-order valence-corrected chi connectivity index (χ0v) is 16.8. The third-order valence-corrected chi connectivity index (χ3v) is 7.19. The van der Waals surface area contributed by atoms with Crippen molar-refractivity contribution in [2.45, 2.75) is 55.9 Å². The van der Waals surface area contributed by atoms with Crippen LogP contribution >= 0.6 is 0 Å². The standard InChI is InChI=1S/C14H23N5O8Si/c1-17-12(23)14(19(25)26)9(10(15-16-14)28(2,3)4)18(13(17)24)11-8(22)7(21)6(5-20)27-11/h6-9,11,16,20-22H,5H2,1-4H3/t6-,7-,8-,9?,11-,14?/m1/s1. The van der Waals surface area contributed by atoms with E-state index in [4.69, 9.17) is 4.74 Å². The quantitative estimate of drug-likeness (QED) is 0.218. The summed E-state index contributed by atoms with van der Waals surface area (Å²) in [6.45, 7) is 4.88. The molecule has 0 bridgehead atoms. The van der Waals surface area contributed by atoms with E-state index in [2.05, 4.69) is 10.5 Å². The van der Waals surface area contributed by atoms with Gasteiger partial charge in [0.15, 0.2) is 12.3 Å². The maximum Gasteiger partial charge on any atom is 0.411 e. The smallest absolute Gasteiger partial charge is 0.394 e. The number of aliphatic hydroxyl groups is 3. The van der Waals surface area contributed by atoms with Crippen molar-refractivity contribution < 1.29 is 34.6 Å².